The Morgan fingerprint density at radius 2 is 1.55 bits per heavy atom. The number of halogens is 1. The number of benzene rings is 3. The molecular weight excluding hydrogens is 399 g/mol. The Morgan fingerprint density at radius 3 is 2.16 bits per heavy atom. The van der Waals surface area contributed by atoms with E-state index in [0.717, 1.165) is 22.4 Å². The number of ketones is 1. The first-order valence-electron chi connectivity index (χ1n) is 9.89. The van der Waals surface area contributed by atoms with Gasteiger partial charge in [-0.2, -0.15) is 0 Å². The van der Waals surface area contributed by atoms with E-state index < -0.39 is 11.8 Å². The zero-order valence-corrected chi connectivity index (χ0v) is 17.3. The molecule has 0 aromatic heterocycles. The molecule has 5 nitrogen and oxygen atoms in total. The Bertz CT molecular complexity index is 1060. The van der Waals surface area contributed by atoms with E-state index in [1.165, 1.54) is 24.3 Å². The van der Waals surface area contributed by atoms with E-state index in [-0.39, 0.29) is 30.5 Å². The lowest BCUT2D eigenvalue weighted by Crippen LogP contribution is -2.13. The molecule has 3 rings (SSSR count). The number of para-hydroxylation sites is 1. The van der Waals surface area contributed by atoms with E-state index in [2.05, 4.69) is 13.8 Å². The smallest absolute Gasteiger partial charge is 0.377 e. The summed E-state index contributed by atoms with van der Waals surface area (Å²) in [6.07, 6.45) is 0. The Labute approximate surface area is 180 Å². The molecule has 0 fully saturated rings. The van der Waals surface area contributed by atoms with Gasteiger partial charge in [-0.25, -0.2) is 9.18 Å². The third-order valence-electron chi connectivity index (χ3n) is 4.73. The Balaban J connectivity index is 1.69. The molecule has 0 aliphatic carbocycles. The molecule has 0 aliphatic heterocycles. The molecule has 0 amide bonds. The minimum Gasteiger partial charge on any atom is -0.490 e. The minimum absolute atomic E-state index is 0.0888. The maximum absolute atomic E-state index is 13.3. The molecule has 3 aromatic rings. The summed E-state index contributed by atoms with van der Waals surface area (Å²) in [5.41, 5.74) is 2.87. The lowest BCUT2D eigenvalue weighted by Gasteiger charge is -2.18. The van der Waals surface area contributed by atoms with Crippen LogP contribution in [0.2, 0.25) is 0 Å². The van der Waals surface area contributed by atoms with Crippen molar-refractivity contribution in [3.8, 4) is 22.6 Å². The molecule has 6 heteroatoms. The summed E-state index contributed by atoms with van der Waals surface area (Å²) in [6, 6.07) is 18.1. The number of carboxylic acid groups (broad SMARTS) is 1. The van der Waals surface area contributed by atoms with Gasteiger partial charge in [0.25, 0.3) is 5.78 Å². The van der Waals surface area contributed by atoms with E-state index >= 15 is 0 Å². The average molecular weight is 422 g/mol. The van der Waals surface area contributed by atoms with Crippen LogP contribution in [0.3, 0.4) is 0 Å². The van der Waals surface area contributed by atoms with E-state index in [0.29, 0.717) is 5.75 Å². The van der Waals surface area contributed by atoms with Crippen LogP contribution >= 0.6 is 0 Å². The quantitative estimate of drug-likeness (QED) is 0.286. The standard InChI is InChI=1S/C25H23FO5/c1-16(2)21-4-3-5-22(17-6-10-19(26)11-7-17)24(21)31-15-14-30-20-12-8-18(9-13-20)23(27)25(28)29/h3-13,16H,14-15H2,1-2H3,(H,28,29). The van der Waals surface area contributed by atoms with Crippen molar-refractivity contribution < 1.29 is 28.6 Å². The second-order valence-electron chi connectivity index (χ2n) is 7.24. The highest BCUT2D eigenvalue weighted by Gasteiger charge is 2.15. The zero-order chi connectivity index (χ0) is 22.4. The first-order valence-corrected chi connectivity index (χ1v) is 9.89. The number of hydrogen-bond acceptors (Lipinski definition) is 4. The fraction of sp³-hybridized carbons (Fsp3) is 0.200. The molecule has 0 unspecified atom stereocenters. The Hall–Kier alpha value is -3.67. The fourth-order valence-electron chi connectivity index (χ4n) is 3.16. The van der Waals surface area contributed by atoms with E-state index in [1.807, 2.05) is 18.2 Å². The number of carboxylic acids is 1. The third kappa shape index (κ3) is 5.48. The summed E-state index contributed by atoms with van der Waals surface area (Å²) >= 11 is 0. The van der Waals surface area contributed by atoms with Crippen molar-refractivity contribution in [2.45, 2.75) is 19.8 Å². The molecular formula is C25H23FO5. The lowest BCUT2D eigenvalue weighted by atomic mass is 9.95. The average Bonchev–Trinajstić information content (AvgIpc) is 2.77. The van der Waals surface area contributed by atoms with Crippen LogP contribution in [-0.4, -0.2) is 30.1 Å². The SMILES string of the molecule is CC(C)c1cccc(-c2ccc(F)cc2)c1OCCOc1ccc(C(=O)C(=O)O)cc1. The molecule has 0 saturated carbocycles. The monoisotopic (exact) mass is 422 g/mol. The Kier molecular flexibility index (Phi) is 7.03. The molecule has 0 radical (unpaired) electrons. The summed E-state index contributed by atoms with van der Waals surface area (Å²) in [7, 11) is 0. The molecule has 0 bridgehead atoms. The highest BCUT2D eigenvalue weighted by atomic mass is 19.1. The van der Waals surface area contributed by atoms with Crippen molar-refractivity contribution in [2.24, 2.45) is 0 Å². The van der Waals surface area contributed by atoms with Crippen molar-refractivity contribution in [3.63, 3.8) is 0 Å². The third-order valence-corrected chi connectivity index (χ3v) is 4.73. The van der Waals surface area contributed by atoms with Gasteiger partial charge in [0.1, 0.15) is 30.5 Å². The van der Waals surface area contributed by atoms with Crippen LogP contribution in [0.25, 0.3) is 11.1 Å². The van der Waals surface area contributed by atoms with Gasteiger partial charge in [-0.15, -0.1) is 0 Å². The normalized spacial score (nSPS) is 10.7. The van der Waals surface area contributed by atoms with Crippen LogP contribution in [0.4, 0.5) is 4.39 Å². The predicted octanol–water partition coefficient (Wildman–Crippen LogP) is 5.34. The van der Waals surface area contributed by atoms with Gasteiger partial charge >= 0.3 is 5.97 Å². The van der Waals surface area contributed by atoms with Crippen LogP contribution in [0.1, 0.15) is 35.7 Å². The summed E-state index contributed by atoms with van der Waals surface area (Å²) in [5.74, 6) is -1.29. The molecule has 0 aliphatic rings. The molecule has 0 atom stereocenters. The van der Waals surface area contributed by atoms with Crippen molar-refractivity contribution in [1.29, 1.82) is 0 Å². The summed E-state index contributed by atoms with van der Waals surface area (Å²) in [6.45, 7) is 4.68. The first kappa shape index (κ1) is 22.0. The van der Waals surface area contributed by atoms with Crippen molar-refractivity contribution in [2.75, 3.05) is 13.2 Å². The van der Waals surface area contributed by atoms with Crippen LogP contribution in [0, 0.1) is 5.82 Å². The van der Waals surface area contributed by atoms with E-state index in [9.17, 15) is 14.0 Å². The first-order chi connectivity index (χ1) is 14.9. The highest BCUT2D eigenvalue weighted by molar-refractivity contribution is 6.39. The van der Waals surface area contributed by atoms with Gasteiger partial charge in [-0.1, -0.05) is 44.2 Å². The van der Waals surface area contributed by atoms with Gasteiger partial charge in [0.05, 0.1) is 0 Å². The number of rotatable bonds is 9. The summed E-state index contributed by atoms with van der Waals surface area (Å²) in [5, 5.41) is 8.75. The van der Waals surface area contributed by atoms with Crippen molar-refractivity contribution in [1.82, 2.24) is 0 Å². The maximum Gasteiger partial charge on any atom is 0.377 e. The topological polar surface area (TPSA) is 72.8 Å². The van der Waals surface area contributed by atoms with Gasteiger partial charge < -0.3 is 14.6 Å². The second-order valence-corrected chi connectivity index (χ2v) is 7.24. The van der Waals surface area contributed by atoms with Gasteiger partial charge in [0, 0.05) is 11.1 Å². The molecule has 0 spiro atoms. The maximum atomic E-state index is 13.3. The number of Topliss-reactive ketones (excluding diaryl/α,β-unsaturated/α-hetero) is 1. The lowest BCUT2D eigenvalue weighted by molar-refractivity contribution is -0.131. The largest absolute Gasteiger partial charge is 0.490 e. The molecule has 160 valence electrons. The molecule has 0 saturated heterocycles. The molecule has 3 aromatic carbocycles. The Morgan fingerprint density at radius 1 is 0.903 bits per heavy atom. The summed E-state index contributed by atoms with van der Waals surface area (Å²) in [4.78, 5) is 22.2. The van der Waals surface area contributed by atoms with E-state index in [1.54, 1.807) is 24.3 Å². The van der Waals surface area contributed by atoms with Crippen LogP contribution < -0.4 is 9.47 Å². The van der Waals surface area contributed by atoms with Gasteiger partial charge in [-0.05, 0) is 53.4 Å². The summed E-state index contributed by atoms with van der Waals surface area (Å²) < 4.78 is 25.1. The van der Waals surface area contributed by atoms with E-state index in [4.69, 9.17) is 14.6 Å². The number of ether oxygens (including phenoxy) is 2. The zero-order valence-electron chi connectivity index (χ0n) is 17.3. The van der Waals surface area contributed by atoms with Crippen LogP contribution in [0.15, 0.2) is 66.7 Å². The number of carbonyl (C=O) groups excluding carboxylic acids is 1. The molecule has 31 heavy (non-hydrogen) atoms. The number of aliphatic carboxylic acids is 1. The number of hydrogen-bond donors (Lipinski definition) is 1. The van der Waals surface area contributed by atoms with Crippen LogP contribution in [-0.2, 0) is 4.79 Å². The predicted molar refractivity (Wildman–Crippen MR) is 115 cm³/mol. The van der Waals surface area contributed by atoms with Crippen molar-refractivity contribution in [3.05, 3.63) is 83.7 Å². The van der Waals surface area contributed by atoms with Crippen molar-refractivity contribution >= 4 is 11.8 Å². The van der Waals surface area contributed by atoms with Gasteiger partial charge in [0.15, 0.2) is 0 Å². The fourth-order valence-corrected chi connectivity index (χ4v) is 3.16. The molecule has 0 heterocycles. The second kappa shape index (κ2) is 9.89. The minimum atomic E-state index is -1.50. The molecule has 1 N–H and O–H groups in total. The van der Waals surface area contributed by atoms with Crippen LogP contribution in [0.5, 0.6) is 11.5 Å². The van der Waals surface area contributed by atoms with Gasteiger partial charge in [-0.3, -0.25) is 4.79 Å². The highest BCUT2D eigenvalue weighted by Crippen LogP contribution is 2.37. The number of carbonyl (C=O) groups is 2. The van der Waals surface area contributed by atoms with Gasteiger partial charge in [0.2, 0.25) is 0 Å².